The molecule has 3 unspecified atom stereocenters. The van der Waals surface area contributed by atoms with Gasteiger partial charge in [-0.05, 0) is 30.5 Å². The van der Waals surface area contributed by atoms with E-state index in [0.717, 1.165) is 18.6 Å². The van der Waals surface area contributed by atoms with Crippen molar-refractivity contribution >= 4 is 0 Å². The maximum Gasteiger partial charge on any atom is 0.416 e. The van der Waals surface area contributed by atoms with E-state index in [9.17, 15) is 18.3 Å². The molecule has 3 atom stereocenters. The summed E-state index contributed by atoms with van der Waals surface area (Å²) in [5.41, 5.74) is -0.718. The fourth-order valence-corrected chi connectivity index (χ4v) is 3.41. The summed E-state index contributed by atoms with van der Waals surface area (Å²) >= 11 is 0. The summed E-state index contributed by atoms with van der Waals surface area (Å²) < 4.78 is 39.9. The molecule has 0 radical (unpaired) electrons. The van der Waals surface area contributed by atoms with Crippen LogP contribution in [0.2, 0.25) is 0 Å². The summed E-state index contributed by atoms with van der Waals surface area (Å²) in [5.74, 6) is 0. The molecule has 5 nitrogen and oxygen atoms in total. The van der Waals surface area contributed by atoms with Gasteiger partial charge in [0.25, 0.3) is 0 Å². The van der Waals surface area contributed by atoms with Crippen molar-refractivity contribution in [2.75, 3.05) is 0 Å². The molecule has 1 saturated heterocycles. The molecule has 0 saturated carbocycles. The number of rotatable bonds is 3. The molecule has 2 aromatic rings. The highest BCUT2D eigenvalue weighted by Gasteiger charge is 2.41. The Balaban J connectivity index is 1.89. The Kier molecular flexibility index (Phi) is 4.59. The van der Waals surface area contributed by atoms with Crippen molar-refractivity contribution in [3.63, 3.8) is 0 Å². The second-order valence-corrected chi connectivity index (χ2v) is 6.66. The van der Waals surface area contributed by atoms with Crippen LogP contribution in [0.1, 0.15) is 49.0 Å². The lowest BCUT2D eigenvalue weighted by molar-refractivity contribution is -0.137. The van der Waals surface area contributed by atoms with E-state index >= 15 is 0 Å². The lowest BCUT2D eigenvalue weighted by Gasteiger charge is -2.41. The average Bonchev–Trinajstić information content (AvgIpc) is 3.00. The number of aromatic nitrogens is 3. The molecule has 1 aromatic carbocycles. The molecule has 1 aliphatic rings. The summed E-state index contributed by atoms with van der Waals surface area (Å²) in [7, 11) is 1.76. The number of hydrogen-bond donors (Lipinski definition) is 2. The number of piperidine rings is 1. The molecule has 1 aliphatic heterocycles. The van der Waals surface area contributed by atoms with Gasteiger partial charge in [0.15, 0.2) is 0 Å². The van der Waals surface area contributed by atoms with Crippen LogP contribution in [0.3, 0.4) is 0 Å². The molecular formula is C17H21F3N4O. The fourth-order valence-electron chi connectivity index (χ4n) is 3.41. The number of aryl methyl sites for hydroxylation is 1. The van der Waals surface area contributed by atoms with E-state index in [2.05, 4.69) is 15.6 Å². The van der Waals surface area contributed by atoms with Crippen molar-refractivity contribution in [3.05, 3.63) is 47.3 Å². The van der Waals surface area contributed by atoms with E-state index in [0.29, 0.717) is 24.1 Å². The largest absolute Gasteiger partial charge is 0.416 e. The Bertz CT molecular complexity index is 728. The predicted molar refractivity (Wildman–Crippen MR) is 85.5 cm³/mol. The fraction of sp³-hybridized carbons (Fsp3) is 0.529. The Hall–Kier alpha value is -1.93. The Morgan fingerprint density at radius 1 is 1.28 bits per heavy atom. The predicted octanol–water partition coefficient (Wildman–Crippen LogP) is 2.92. The molecular weight excluding hydrogens is 333 g/mol. The van der Waals surface area contributed by atoms with Gasteiger partial charge >= 0.3 is 6.18 Å². The highest BCUT2D eigenvalue weighted by atomic mass is 19.4. The molecule has 2 heterocycles. The van der Waals surface area contributed by atoms with E-state index in [1.54, 1.807) is 17.9 Å². The van der Waals surface area contributed by atoms with Crippen molar-refractivity contribution in [2.45, 2.75) is 50.0 Å². The second-order valence-electron chi connectivity index (χ2n) is 6.66. The Morgan fingerprint density at radius 2 is 1.96 bits per heavy atom. The van der Waals surface area contributed by atoms with Crippen molar-refractivity contribution in [1.29, 1.82) is 0 Å². The van der Waals surface area contributed by atoms with Gasteiger partial charge in [-0.3, -0.25) is 4.68 Å². The molecule has 0 amide bonds. The molecule has 0 spiro atoms. The molecule has 3 rings (SSSR count). The summed E-state index contributed by atoms with van der Waals surface area (Å²) in [6.45, 7) is 2.00. The normalized spacial score (nSPS) is 27.4. The van der Waals surface area contributed by atoms with E-state index < -0.39 is 17.3 Å². The minimum absolute atomic E-state index is 0.0352. The number of alkyl halides is 3. The van der Waals surface area contributed by atoms with Gasteiger partial charge in [0, 0.05) is 25.7 Å². The standard InChI is InChI=1S/C17H21F3N4O/c1-3-13-8-16(25,9-14(21-13)15-10-24(2)23-22-15)11-4-6-12(7-5-11)17(18,19)20/h4-7,10,13-14,21,25H,3,8-9H2,1-2H3. The SMILES string of the molecule is CCC1CC(O)(c2ccc(C(F)(F)F)cc2)CC(c2cn(C)nn2)N1. The number of benzene rings is 1. The topological polar surface area (TPSA) is 63.0 Å². The molecule has 1 fully saturated rings. The number of aliphatic hydroxyl groups is 1. The monoisotopic (exact) mass is 354 g/mol. The summed E-state index contributed by atoms with van der Waals surface area (Å²) in [6, 6.07) is 4.61. The van der Waals surface area contributed by atoms with E-state index in [1.807, 2.05) is 6.92 Å². The maximum absolute atomic E-state index is 12.8. The molecule has 0 bridgehead atoms. The lowest BCUT2D eigenvalue weighted by Crippen LogP contribution is -2.48. The van der Waals surface area contributed by atoms with Crippen molar-refractivity contribution in [2.24, 2.45) is 7.05 Å². The Labute approximate surface area is 143 Å². The third-order valence-electron chi connectivity index (χ3n) is 4.78. The van der Waals surface area contributed by atoms with E-state index in [-0.39, 0.29) is 12.1 Å². The average molecular weight is 354 g/mol. The van der Waals surface area contributed by atoms with Crippen LogP contribution in [0, 0.1) is 0 Å². The van der Waals surface area contributed by atoms with Crippen LogP contribution in [0.15, 0.2) is 30.5 Å². The van der Waals surface area contributed by atoms with Gasteiger partial charge in [-0.2, -0.15) is 13.2 Å². The van der Waals surface area contributed by atoms with Gasteiger partial charge in [-0.1, -0.05) is 24.3 Å². The molecule has 0 aliphatic carbocycles. The van der Waals surface area contributed by atoms with Crippen molar-refractivity contribution in [3.8, 4) is 0 Å². The van der Waals surface area contributed by atoms with E-state index in [4.69, 9.17) is 0 Å². The minimum Gasteiger partial charge on any atom is -0.385 e. The van der Waals surface area contributed by atoms with Crippen molar-refractivity contribution in [1.82, 2.24) is 20.3 Å². The van der Waals surface area contributed by atoms with Gasteiger partial charge in [0.05, 0.1) is 22.9 Å². The highest BCUT2D eigenvalue weighted by molar-refractivity contribution is 5.30. The Morgan fingerprint density at radius 3 is 2.48 bits per heavy atom. The van der Waals surface area contributed by atoms with Gasteiger partial charge in [0.2, 0.25) is 0 Å². The van der Waals surface area contributed by atoms with Gasteiger partial charge in [-0.15, -0.1) is 5.10 Å². The van der Waals surface area contributed by atoms with Crippen LogP contribution in [0.5, 0.6) is 0 Å². The van der Waals surface area contributed by atoms with Crippen molar-refractivity contribution < 1.29 is 18.3 Å². The smallest absolute Gasteiger partial charge is 0.385 e. The van der Waals surface area contributed by atoms with Gasteiger partial charge in [-0.25, -0.2) is 0 Å². The first-order valence-electron chi connectivity index (χ1n) is 8.23. The number of nitrogens with one attached hydrogen (secondary N) is 1. The minimum atomic E-state index is -4.39. The number of nitrogens with zero attached hydrogens (tertiary/aromatic N) is 3. The zero-order valence-electron chi connectivity index (χ0n) is 14.1. The molecule has 25 heavy (non-hydrogen) atoms. The third kappa shape index (κ3) is 3.69. The summed E-state index contributed by atoms with van der Waals surface area (Å²) in [4.78, 5) is 0. The van der Waals surface area contributed by atoms with Crippen LogP contribution in [0.4, 0.5) is 13.2 Å². The maximum atomic E-state index is 12.8. The lowest BCUT2D eigenvalue weighted by atomic mass is 9.77. The van der Waals surface area contributed by atoms with Gasteiger partial charge < -0.3 is 10.4 Å². The number of halogens is 3. The third-order valence-corrected chi connectivity index (χ3v) is 4.78. The van der Waals surface area contributed by atoms with Crippen LogP contribution in [0.25, 0.3) is 0 Å². The number of hydrogen-bond acceptors (Lipinski definition) is 4. The van der Waals surface area contributed by atoms with Crippen LogP contribution in [-0.2, 0) is 18.8 Å². The van der Waals surface area contributed by atoms with Crippen LogP contribution in [-0.4, -0.2) is 26.1 Å². The first kappa shape index (κ1) is 17.9. The first-order chi connectivity index (χ1) is 11.7. The first-order valence-corrected chi connectivity index (χ1v) is 8.23. The second kappa shape index (κ2) is 6.42. The van der Waals surface area contributed by atoms with Gasteiger partial charge in [0.1, 0.15) is 0 Å². The quantitative estimate of drug-likeness (QED) is 0.890. The molecule has 8 heteroatoms. The van der Waals surface area contributed by atoms with Crippen LogP contribution >= 0.6 is 0 Å². The molecule has 1 aromatic heterocycles. The van der Waals surface area contributed by atoms with E-state index in [1.165, 1.54) is 12.1 Å². The zero-order valence-corrected chi connectivity index (χ0v) is 14.1. The zero-order chi connectivity index (χ0) is 18.2. The molecule has 136 valence electrons. The van der Waals surface area contributed by atoms with Crippen LogP contribution < -0.4 is 5.32 Å². The summed E-state index contributed by atoms with van der Waals surface area (Å²) in [6.07, 6.45) is -1.05. The summed E-state index contributed by atoms with van der Waals surface area (Å²) in [5, 5.41) is 22.7. The highest BCUT2D eigenvalue weighted by Crippen LogP contribution is 2.41. The molecule has 2 N–H and O–H groups in total.